The van der Waals surface area contributed by atoms with Crippen LogP contribution in [0.25, 0.3) is 0 Å². The minimum Gasteiger partial charge on any atom is -0.435 e. The molecule has 0 aromatic carbocycles. The number of rotatable bonds is 10. The normalized spacial score (nSPS) is 17.0. The molecule has 2 atom stereocenters. The van der Waals surface area contributed by atoms with Crippen LogP contribution in [0.2, 0.25) is 0 Å². The van der Waals surface area contributed by atoms with Gasteiger partial charge in [-0.2, -0.15) is 0 Å². The predicted molar refractivity (Wildman–Crippen MR) is 102 cm³/mol. The van der Waals surface area contributed by atoms with Crippen LogP contribution in [-0.4, -0.2) is 23.4 Å². The van der Waals surface area contributed by atoms with Gasteiger partial charge >= 0.3 is 11.9 Å². The minimum absolute atomic E-state index is 0.252. The monoisotopic (exact) mass is 370 g/mol. The van der Waals surface area contributed by atoms with Crippen LogP contribution in [0.4, 0.5) is 0 Å². The zero-order valence-electron chi connectivity index (χ0n) is 18.3. The van der Waals surface area contributed by atoms with E-state index in [0.717, 1.165) is 0 Å². The van der Waals surface area contributed by atoms with Crippen LogP contribution in [0.3, 0.4) is 0 Å². The molecule has 0 aliphatic rings. The largest absolute Gasteiger partial charge is 0.435 e. The van der Waals surface area contributed by atoms with Crippen molar-refractivity contribution in [3.05, 3.63) is 0 Å². The van der Waals surface area contributed by atoms with Crippen molar-refractivity contribution in [2.75, 3.05) is 0 Å². The van der Waals surface area contributed by atoms with E-state index in [1.54, 1.807) is 41.5 Å². The van der Waals surface area contributed by atoms with Gasteiger partial charge in [0.25, 0.3) is 0 Å². The van der Waals surface area contributed by atoms with Crippen LogP contribution in [-0.2, 0) is 19.1 Å². The van der Waals surface area contributed by atoms with E-state index in [9.17, 15) is 9.59 Å². The zero-order chi connectivity index (χ0) is 20.7. The summed E-state index contributed by atoms with van der Waals surface area (Å²) in [6.07, 6.45) is 1.07. The third-order valence-corrected chi connectivity index (χ3v) is 3.63. The second kappa shape index (κ2) is 10.0. The van der Waals surface area contributed by atoms with Gasteiger partial charge in [0.2, 0.25) is 11.4 Å². The molecule has 0 aromatic heterocycles. The highest BCUT2D eigenvalue weighted by molar-refractivity contribution is 5.72. The van der Waals surface area contributed by atoms with E-state index in [1.165, 1.54) is 0 Å². The molecular formula is C20H38N2O4. The summed E-state index contributed by atoms with van der Waals surface area (Å²) in [6, 6.07) is 0. The fourth-order valence-electron chi connectivity index (χ4n) is 2.60. The van der Waals surface area contributed by atoms with E-state index in [0.29, 0.717) is 12.8 Å². The molecule has 0 radical (unpaired) electrons. The molecule has 0 amide bonds. The van der Waals surface area contributed by atoms with Gasteiger partial charge in [-0.1, -0.05) is 55.4 Å². The Labute approximate surface area is 159 Å². The van der Waals surface area contributed by atoms with Crippen molar-refractivity contribution in [2.45, 2.75) is 93.5 Å². The Morgan fingerprint density at radius 1 is 0.692 bits per heavy atom. The quantitative estimate of drug-likeness (QED) is 0.383. The van der Waals surface area contributed by atoms with Crippen molar-refractivity contribution < 1.29 is 19.1 Å². The molecule has 6 heteroatoms. The average molecular weight is 371 g/mol. The van der Waals surface area contributed by atoms with E-state index in [-0.39, 0.29) is 35.6 Å². The van der Waals surface area contributed by atoms with Gasteiger partial charge in [-0.05, 0) is 25.7 Å². The molecule has 6 nitrogen and oxygen atoms in total. The number of nitrogens with zero attached hydrogens (tertiary/aromatic N) is 2. The number of hydrogen-bond donors (Lipinski definition) is 0. The molecule has 0 saturated carbocycles. The highest BCUT2D eigenvalue weighted by Crippen LogP contribution is 2.30. The first kappa shape index (κ1) is 24.5. The van der Waals surface area contributed by atoms with Gasteiger partial charge in [-0.15, -0.1) is 10.2 Å². The maximum Gasteiger partial charge on any atom is 0.310 e. The molecule has 0 rings (SSSR count). The summed E-state index contributed by atoms with van der Waals surface area (Å²) in [7, 11) is 0. The summed E-state index contributed by atoms with van der Waals surface area (Å²) < 4.78 is 11.2. The summed E-state index contributed by atoms with van der Waals surface area (Å²) >= 11 is 0. The molecule has 0 bridgehead atoms. The third-order valence-electron chi connectivity index (χ3n) is 3.63. The van der Waals surface area contributed by atoms with E-state index in [4.69, 9.17) is 9.47 Å². The van der Waals surface area contributed by atoms with Crippen molar-refractivity contribution in [3.8, 4) is 0 Å². The summed E-state index contributed by atoms with van der Waals surface area (Å²) in [6.45, 7) is 18.7. The van der Waals surface area contributed by atoms with E-state index < -0.39 is 11.4 Å². The lowest BCUT2D eigenvalue weighted by molar-refractivity contribution is -0.169. The minimum atomic E-state index is -1.09. The first-order valence-electron chi connectivity index (χ1n) is 9.59. The second-order valence-electron chi connectivity index (χ2n) is 8.90. The maximum atomic E-state index is 12.1. The summed E-state index contributed by atoms with van der Waals surface area (Å²) in [4.78, 5) is 24.2. The number of azo groups is 1. The molecular weight excluding hydrogens is 332 g/mol. The fourth-order valence-corrected chi connectivity index (χ4v) is 2.60. The third kappa shape index (κ3) is 9.30. The van der Waals surface area contributed by atoms with E-state index >= 15 is 0 Å². The predicted octanol–water partition coefficient (Wildman–Crippen LogP) is 5.36. The van der Waals surface area contributed by atoms with Crippen LogP contribution < -0.4 is 0 Å². The Hall–Kier alpha value is -1.46. The average Bonchev–Trinajstić information content (AvgIpc) is 2.43. The van der Waals surface area contributed by atoms with E-state index in [1.807, 2.05) is 27.7 Å². The molecule has 26 heavy (non-hydrogen) atoms. The van der Waals surface area contributed by atoms with Gasteiger partial charge in [-0.25, -0.2) is 0 Å². The summed E-state index contributed by atoms with van der Waals surface area (Å²) in [5, 5.41) is 8.72. The first-order valence-corrected chi connectivity index (χ1v) is 9.59. The number of ether oxygens (including phenoxy) is 2. The fraction of sp³-hybridized carbons (Fsp3) is 0.900. The topological polar surface area (TPSA) is 77.3 Å². The summed E-state index contributed by atoms with van der Waals surface area (Å²) in [5.74, 6) is -0.634. The van der Waals surface area contributed by atoms with Crippen molar-refractivity contribution in [3.63, 3.8) is 0 Å². The van der Waals surface area contributed by atoms with Gasteiger partial charge < -0.3 is 9.47 Å². The van der Waals surface area contributed by atoms with Crippen LogP contribution in [0, 0.1) is 23.7 Å². The standard InChI is InChI=1S/C20H38N2O4/c1-13(2)11-19(9,25-17(23)15(5)6)21-22-20(10,12-14(3)4)26-18(24)16(7)8/h13-16H,11-12H2,1-10H3. The van der Waals surface area contributed by atoms with Crippen molar-refractivity contribution in [2.24, 2.45) is 33.9 Å². The lowest BCUT2D eigenvalue weighted by Crippen LogP contribution is -2.36. The van der Waals surface area contributed by atoms with Gasteiger partial charge in [0.05, 0.1) is 11.8 Å². The Kier molecular flexibility index (Phi) is 9.46. The van der Waals surface area contributed by atoms with Crippen molar-refractivity contribution in [1.82, 2.24) is 0 Å². The molecule has 0 saturated heterocycles. The van der Waals surface area contributed by atoms with Crippen LogP contribution in [0.1, 0.15) is 82.1 Å². The summed E-state index contributed by atoms with van der Waals surface area (Å²) in [5.41, 5.74) is -2.17. The Morgan fingerprint density at radius 2 is 0.962 bits per heavy atom. The number of carbonyl (C=O) groups is 2. The number of carbonyl (C=O) groups excluding carboxylic acids is 2. The zero-order valence-corrected chi connectivity index (χ0v) is 18.3. The van der Waals surface area contributed by atoms with Crippen molar-refractivity contribution >= 4 is 11.9 Å². The smallest absolute Gasteiger partial charge is 0.310 e. The molecule has 0 heterocycles. The highest BCUT2D eigenvalue weighted by atomic mass is 16.6. The Balaban J connectivity index is 5.62. The van der Waals surface area contributed by atoms with Crippen LogP contribution in [0.5, 0.6) is 0 Å². The molecule has 0 fully saturated rings. The second-order valence-corrected chi connectivity index (χ2v) is 8.90. The van der Waals surface area contributed by atoms with Gasteiger partial charge in [0.1, 0.15) is 0 Å². The SMILES string of the molecule is CC(C)CC(C)(N=NC(C)(CC(C)C)OC(=O)C(C)C)OC(=O)C(C)C. The maximum absolute atomic E-state index is 12.1. The van der Waals surface area contributed by atoms with Gasteiger partial charge in [-0.3, -0.25) is 9.59 Å². The molecule has 0 aromatic rings. The van der Waals surface area contributed by atoms with E-state index in [2.05, 4.69) is 10.2 Å². The molecule has 0 aliphatic heterocycles. The first-order chi connectivity index (χ1) is 11.7. The van der Waals surface area contributed by atoms with Crippen LogP contribution >= 0.6 is 0 Å². The number of hydrogen-bond acceptors (Lipinski definition) is 6. The molecule has 0 aliphatic carbocycles. The van der Waals surface area contributed by atoms with Crippen molar-refractivity contribution in [1.29, 1.82) is 0 Å². The highest BCUT2D eigenvalue weighted by Gasteiger charge is 2.35. The molecule has 2 unspecified atom stereocenters. The van der Waals surface area contributed by atoms with Gasteiger partial charge in [0, 0.05) is 12.8 Å². The lowest BCUT2D eigenvalue weighted by atomic mass is 10.0. The molecule has 0 spiro atoms. The number of esters is 2. The van der Waals surface area contributed by atoms with Crippen LogP contribution in [0.15, 0.2) is 10.2 Å². The van der Waals surface area contributed by atoms with Gasteiger partial charge in [0.15, 0.2) is 0 Å². The Morgan fingerprint density at radius 3 is 1.15 bits per heavy atom. The molecule has 0 N–H and O–H groups in total. The molecule has 152 valence electrons. The Bertz CT molecular complexity index is 456. The lowest BCUT2D eigenvalue weighted by Gasteiger charge is -2.31.